The summed E-state index contributed by atoms with van der Waals surface area (Å²) in [5.41, 5.74) is 1.09. The lowest BCUT2D eigenvalue weighted by Gasteiger charge is -2.23. The van der Waals surface area contributed by atoms with Crippen molar-refractivity contribution in [2.24, 2.45) is 0 Å². The van der Waals surface area contributed by atoms with E-state index in [1.165, 1.54) is 0 Å². The van der Waals surface area contributed by atoms with Gasteiger partial charge in [0.15, 0.2) is 0 Å². The third-order valence-corrected chi connectivity index (χ3v) is 2.75. The number of anilines is 1. The second kappa shape index (κ2) is 6.51. The normalized spacial score (nSPS) is 20.2. The van der Waals surface area contributed by atoms with Gasteiger partial charge in [0, 0.05) is 31.4 Å². The molecule has 94 valence electrons. The molecular formula is C12H20N4O. The predicted molar refractivity (Wildman–Crippen MR) is 67.1 cm³/mol. The summed E-state index contributed by atoms with van der Waals surface area (Å²) < 4.78 is 5.61. The summed E-state index contributed by atoms with van der Waals surface area (Å²) in [6, 6.07) is 2.01. The maximum atomic E-state index is 5.61. The monoisotopic (exact) mass is 236 g/mol. The molecule has 1 unspecified atom stereocenters. The number of nitrogens with one attached hydrogen (secondary N) is 2. The predicted octanol–water partition coefficient (Wildman–Crippen LogP) is 0.829. The van der Waals surface area contributed by atoms with E-state index in [9.17, 15) is 0 Å². The summed E-state index contributed by atoms with van der Waals surface area (Å²) in [5.74, 6) is 0.887. The van der Waals surface area contributed by atoms with Crippen LogP contribution in [0.5, 0.6) is 0 Å². The lowest BCUT2D eigenvalue weighted by atomic mass is 10.2. The van der Waals surface area contributed by atoms with Crippen molar-refractivity contribution in [1.29, 1.82) is 0 Å². The molecule has 5 nitrogen and oxygen atoms in total. The van der Waals surface area contributed by atoms with Crippen LogP contribution < -0.4 is 10.6 Å². The lowest BCUT2D eigenvalue weighted by molar-refractivity contribution is 0.0372. The van der Waals surface area contributed by atoms with Crippen LogP contribution in [0.4, 0.5) is 5.82 Å². The van der Waals surface area contributed by atoms with Gasteiger partial charge in [0.25, 0.3) is 0 Å². The van der Waals surface area contributed by atoms with Gasteiger partial charge < -0.3 is 15.4 Å². The molecule has 0 aromatic carbocycles. The highest BCUT2D eigenvalue weighted by Gasteiger charge is 2.12. The number of nitrogens with zero attached hydrogens (tertiary/aromatic N) is 2. The van der Waals surface area contributed by atoms with Gasteiger partial charge in [0.2, 0.25) is 0 Å². The molecule has 1 aromatic rings. The van der Waals surface area contributed by atoms with E-state index >= 15 is 0 Å². The Balaban J connectivity index is 1.83. The summed E-state index contributed by atoms with van der Waals surface area (Å²) in [7, 11) is 0. The summed E-state index contributed by atoms with van der Waals surface area (Å²) >= 11 is 0. The van der Waals surface area contributed by atoms with Crippen LogP contribution in [0.3, 0.4) is 0 Å². The fraction of sp³-hybridized carbons (Fsp3) is 0.667. The smallest absolute Gasteiger partial charge is 0.129 e. The number of ether oxygens (including phenoxy) is 1. The van der Waals surface area contributed by atoms with Gasteiger partial charge in [-0.25, -0.2) is 9.97 Å². The maximum absolute atomic E-state index is 5.61. The molecular weight excluding hydrogens is 216 g/mol. The van der Waals surface area contributed by atoms with Crippen LogP contribution in [-0.4, -0.2) is 42.3 Å². The largest absolute Gasteiger partial charge is 0.374 e. The standard InChI is InChI=1S/C12H20N4O/c1-2-3-10-6-12(16-9-15-10)14-8-11-7-13-4-5-17-11/h6,9,11,13H,2-5,7-8H2,1H3,(H,14,15,16). The van der Waals surface area contributed by atoms with E-state index < -0.39 is 0 Å². The molecule has 1 atom stereocenters. The molecule has 1 aromatic heterocycles. The third-order valence-electron chi connectivity index (χ3n) is 2.75. The Bertz CT molecular complexity index is 339. The van der Waals surface area contributed by atoms with Gasteiger partial charge in [-0.15, -0.1) is 0 Å². The zero-order chi connectivity index (χ0) is 11.9. The third kappa shape index (κ3) is 3.94. The van der Waals surface area contributed by atoms with Crippen LogP contribution in [0.15, 0.2) is 12.4 Å². The summed E-state index contributed by atoms with van der Waals surface area (Å²) in [6.45, 7) is 5.58. The van der Waals surface area contributed by atoms with Gasteiger partial charge in [-0.3, -0.25) is 0 Å². The van der Waals surface area contributed by atoms with E-state index in [1.807, 2.05) is 6.07 Å². The van der Waals surface area contributed by atoms with Gasteiger partial charge in [0.05, 0.1) is 12.7 Å². The van der Waals surface area contributed by atoms with Gasteiger partial charge in [-0.1, -0.05) is 13.3 Å². The van der Waals surface area contributed by atoms with Crippen molar-refractivity contribution < 1.29 is 4.74 Å². The Morgan fingerprint density at radius 1 is 1.53 bits per heavy atom. The van der Waals surface area contributed by atoms with E-state index in [4.69, 9.17) is 4.74 Å². The van der Waals surface area contributed by atoms with Crippen LogP contribution in [0.1, 0.15) is 19.0 Å². The Morgan fingerprint density at radius 3 is 3.24 bits per heavy atom. The van der Waals surface area contributed by atoms with E-state index in [-0.39, 0.29) is 6.10 Å². The van der Waals surface area contributed by atoms with Gasteiger partial charge in [-0.05, 0) is 6.42 Å². The van der Waals surface area contributed by atoms with Crippen molar-refractivity contribution in [1.82, 2.24) is 15.3 Å². The molecule has 0 saturated carbocycles. The molecule has 0 radical (unpaired) electrons. The highest BCUT2D eigenvalue weighted by Crippen LogP contribution is 2.06. The minimum Gasteiger partial charge on any atom is -0.374 e. The Hall–Kier alpha value is -1.20. The molecule has 0 aliphatic carbocycles. The van der Waals surface area contributed by atoms with Crippen molar-refractivity contribution in [2.75, 3.05) is 31.6 Å². The van der Waals surface area contributed by atoms with Gasteiger partial charge in [-0.2, -0.15) is 0 Å². The van der Waals surface area contributed by atoms with Crippen molar-refractivity contribution in [2.45, 2.75) is 25.9 Å². The van der Waals surface area contributed by atoms with E-state index in [0.717, 1.165) is 50.6 Å². The molecule has 5 heteroatoms. The minimum absolute atomic E-state index is 0.230. The molecule has 17 heavy (non-hydrogen) atoms. The zero-order valence-corrected chi connectivity index (χ0v) is 10.3. The van der Waals surface area contributed by atoms with Crippen LogP contribution >= 0.6 is 0 Å². The number of rotatable bonds is 5. The molecule has 1 aliphatic heterocycles. The van der Waals surface area contributed by atoms with Crippen molar-refractivity contribution >= 4 is 5.82 Å². The molecule has 0 amide bonds. The number of aryl methyl sites for hydroxylation is 1. The molecule has 2 heterocycles. The number of aromatic nitrogens is 2. The fourth-order valence-corrected chi connectivity index (χ4v) is 1.86. The second-order valence-electron chi connectivity index (χ2n) is 4.22. The molecule has 0 spiro atoms. The Morgan fingerprint density at radius 2 is 2.47 bits per heavy atom. The first-order valence-electron chi connectivity index (χ1n) is 6.25. The van der Waals surface area contributed by atoms with Crippen LogP contribution in [0.25, 0.3) is 0 Å². The minimum atomic E-state index is 0.230. The molecule has 2 N–H and O–H groups in total. The first kappa shape index (κ1) is 12.3. The topological polar surface area (TPSA) is 59.1 Å². The quantitative estimate of drug-likeness (QED) is 0.793. The van der Waals surface area contributed by atoms with Crippen molar-refractivity contribution in [3.05, 3.63) is 18.1 Å². The average molecular weight is 236 g/mol. The fourth-order valence-electron chi connectivity index (χ4n) is 1.86. The summed E-state index contributed by atoms with van der Waals surface area (Å²) in [4.78, 5) is 8.44. The van der Waals surface area contributed by atoms with Crippen molar-refractivity contribution in [3.63, 3.8) is 0 Å². The highest BCUT2D eigenvalue weighted by molar-refractivity contribution is 5.34. The SMILES string of the molecule is CCCc1cc(NCC2CNCCO2)ncn1. The number of hydrogen-bond acceptors (Lipinski definition) is 5. The molecule has 2 rings (SSSR count). The summed E-state index contributed by atoms with van der Waals surface area (Å²) in [6.07, 6.45) is 3.95. The van der Waals surface area contributed by atoms with Crippen LogP contribution in [-0.2, 0) is 11.2 Å². The summed E-state index contributed by atoms with van der Waals surface area (Å²) in [5, 5.41) is 6.60. The second-order valence-corrected chi connectivity index (χ2v) is 4.22. The van der Waals surface area contributed by atoms with Crippen LogP contribution in [0.2, 0.25) is 0 Å². The van der Waals surface area contributed by atoms with E-state index in [1.54, 1.807) is 6.33 Å². The average Bonchev–Trinajstić information content (AvgIpc) is 2.39. The van der Waals surface area contributed by atoms with E-state index in [2.05, 4.69) is 27.5 Å². The number of morpholine rings is 1. The Kier molecular flexibility index (Phi) is 4.70. The Labute approximate surface area is 102 Å². The van der Waals surface area contributed by atoms with Gasteiger partial charge >= 0.3 is 0 Å². The van der Waals surface area contributed by atoms with Crippen molar-refractivity contribution in [3.8, 4) is 0 Å². The first-order valence-corrected chi connectivity index (χ1v) is 6.25. The lowest BCUT2D eigenvalue weighted by Crippen LogP contribution is -2.42. The van der Waals surface area contributed by atoms with E-state index in [0.29, 0.717) is 0 Å². The zero-order valence-electron chi connectivity index (χ0n) is 10.3. The molecule has 0 bridgehead atoms. The highest BCUT2D eigenvalue weighted by atomic mass is 16.5. The maximum Gasteiger partial charge on any atom is 0.129 e. The van der Waals surface area contributed by atoms with Gasteiger partial charge in [0.1, 0.15) is 12.1 Å². The molecule has 1 saturated heterocycles. The number of hydrogen-bond donors (Lipinski definition) is 2. The molecule has 1 fully saturated rings. The molecule has 1 aliphatic rings. The first-order chi connectivity index (χ1) is 8.38. The van der Waals surface area contributed by atoms with Crippen LogP contribution in [0, 0.1) is 0 Å².